The van der Waals surface area contributed by atoms with Gasteiger partial charge in [-0.1, -0.05) is 0 Å². The molecule has 7 nitrogen and oxygen atoms in total. The van der Waals surface area contributed by atoms with E-state index in [9.17, 15) is 15.0 Å². The van der Waals surface area contributed by atoms with Crippen LogP contribution in [0.3, 0.4) is 0 Å². The van der Waals surface area contributed by atoms with Gasteiger partial charge in [-0.3, -0.25) is 4.79 Å². The second-order valence-corrected chi connectivity index (χ2v) is 4.62. The monoisotopic (exact) mass is 263 g/mol. The quantitative estimate of drug-likeness (QED) is 0.484. The van der Waals surface area contributed by atoms with E-state index < -0.39 is 37.3 Å². The predicted molar refractivity (Wildman–Crippen MR) is 61.6 cm³/mol. The summed E-state index contributed by atoms with van der Waals surface area (Å²) >= 11 is 0. The molecule has 0 aromatic rings. The first-order valence-electron chi connectivity index (χ1n) is 5.91. The maximum absolute atomic E-state index is 11.1. The molecule has 1 aliphatic rings. The van der Waals surface area contributed by atoms with Gasteiger partial charge in [-0.05, 0) is 13.8 Å². The summed E-state index contributed by atoms with van der Waals surface area (Å²) in [5.74, 6) is -0.366. The zero-order chi connectivity index (χ0) is 13.9. The molecule has 0 aromatic carbocycles. The first-order chi connectivity index (χ1) is 8.36. The first-order valence-corrected chi connectivity index (χ1v) is 5.91. The summed E-state index contributed by atoms with van der Waals surface area (Å²) in [7, 11) is 0. The Morgan fingerprint density at radius 2 is 2.00 bits per heavy atom. The molecular formula is C11H21NO6. The molecule has 106 valence electrons. The zero-order valence-corrected chi connectivity index (χ0v) is 10.7. The standard InChI is InChI=1S/C11H21NO6/c1-5(2)17-11-8(12-6(3)14)10(16)9(15)7(4-13)18-11/h5,7-11,13,15-16H,4H2,1-3H3,(H,12,14)/t7?,8-,9?,10?,11?/m1/s1. The Balaban J connectivity index is 2.83. The van der Waals surface area contributed by atoms with Crippen molar-refractivity contribution < 1.29 is 29.6 Å². The summed E-state index contributed by atoms with van der Waals surface area (Å²) in [6.07, 6.45) is -4.58. The van der Waals surface area contributed by atoms with E-state index in [2.05, 4.69) is 5.32 Å². The Hall–Kier alpha value is -0.730. The van der Waals surface area contributed by atoms with Crippen molar-refractivity contribution in [2.75, 3.05) is 6.61 Å². The highest BCUT2D eigenvalue weighted by Crippen LogP contribution is 2.22. The fraction of sp³-hybridized carbons (Fsp3) is 0.909. The zero-order valence-electron chi connectivity index (χ0n) is 10.7. The van der Waals surface area contributed by atoms with Crippen molar-refractivity contribution in [2.24, 2.45) is 0 Å². The number of carbonyl (C=O) groups excluding carboxylic acids is 1. The minimum Gasteiger partial charge on any atom is -0.394 e. The van der Waals surface area contributed by atoms with Gasteiger partial charge in [-0.2, -0.15) is 0 Å². The molecule has 1 amide bonds. The average Bonchev–Trinajstić information content (AvgIpc) is 2.27. The highest BCUT2D eigenvalue weighted by atomic mass is 16.7. The summed E-state index contributed by atoms with van der Waals surface area (Å²) in [5.41, 5.74) is 0. The highest BCUT2D eigenvalue weighted by molar-refractivity contribution is 5.73. The topological polar surface area (TPSA) is 108 Å². The fourth-order valence-corrected chi connectivity index (χ4v) is 1.85. The number of nitrogens with one attached hydrogen (secondary N) is 1. The molecule has 1 aliphatic heterocycles. The number of rotatable bonds is 4. The number of aliphatic hydroxyl groups is 3. The maximum Gasteiger partial charge on any atom is 0.217 e. The van der Waals surface area contributed by atoms with E-state index in [0.29, 0.717) is 0 Å². The lowest BCUT2D eigenvalue weighted by Crippen LogP contribution is -2.64. The molecule has 1 saturated heterocycles. The second-order valence-electron chi connectivity index (χ2n) is 4.62. The maximum atomic E-state index is 11.1. The third kappa shape index (κ3) is 3.63. The lowest BCUT2D eigenvalue weighted by Gasteiger charge is -2.42. The van der Waals surface area contributed by atoms with Gasteiger partial charge < -0.3 is 30.1 Å². The van der Waals surface area contributed by atoms with E-state index in [4.69, 9.17) is 14.6 Å². The van der Waals surface area contributed by atoms with Crippen molar-refractivity contribution >= 4 is 5.91 Å². The fourth-order valence-electron chi connectivity index (χ4n) is 1.85. The van der Waals surface area contributed by atoms with E-state index in [0.717, 1.165) is 0 Å². The predicted octanol–water partition coefficient (Wildman–Crippen LogP) is -1.64. The third-order valence-electron chi connectivity index (χ3n) is 2.66. The van der Waals surface area contributed by atoms with Gasteiger partial charge in [0.25, 0.3) is 0 Å². The van der Waals surface area contributed by atoms with Crippen molar-refractivity contribution in [3.05, 3.63) is 0 Å². The van der Waals surface area contributed by atoms with Crippen LogP contribution in [0, 0.1) is 0 Å². The summed E-state index contributed by atoms with van der Waals surface area (Å²) in [5, 5.41) is 31.2. The molecule has 0 radical (unpaired) electrons. The van der Waals surface area contributed by atoms with Crippen molar-refractivity contribution in [1.82, 2.24) is 5.32 Å². The minimum atomic E-state index is -1.28. The van der Waals surface area contributed by atoms with Crippen LogP contribution in [0.25, 0.3) is 0 Å². The molecule has 0 aliphatic carbocycles. The van der Waals surface area contributed by atoms with Gasteiger partial charge >= 0.3 is 0 Å². The third-order valence-corrected chi connectivity index (χ3v) is 2.66. The van der Waals surface area contributed by atoms with Gasteiger partial charge in [0.1, 0.15) is 24.4 Å². The number of carbonyl (C=O) groups is 1. The summed E-state index contributed by atoms with van der Waals surface area (Å²) in [6, 6.07) is -0.873. The average molecular weight is 263 g/mol. The van der Waals surface area contributed by atoms with Crippen LogP contribution in [0.5, 0.6) is 0 Å². The summed E-state index contributed by atoms with van der Waals surface area (Å²) < 4.78 is 10.8. The Kier molecular flexibility index (Phi) is 5.48. The van der Waals surface area contributed by atoms with Crippen LogP contribution in [0.15, 0.2) is 0 Å². The van der Waals surface area contributed by atoms with Gasteiger partial charge in [-0.25, -0.2) is 0 Å². The molecule has 5 atom stereocenters. The molecule has 0 saturated carbocycles. The van der Waals surface area contributed by atoms with Crippen molar-refractivity contribution in [1.29, 1.82) is 0 Å². The molecule has 4 unspecified atom stereocenters. The van der Waals surface area contributed by atoms with E-state index in [-0.39, 0.29) is 12.0 Å². The molecule has 18 heavy (non-hydrogen) atoms. The molecule has 0 aromatic heterocycles. The summed E-state index contributed by atoms with van der Waals surface area (Å²) in [4.78, 5) is 11.1. The molecule has 0 bridgehead atoms. The lowest BCUT2D eigenvalue weighted by atomic mass is 9.97. The van der Waals surface area contributed by atoms with E-state index in [1.54, 1.807) is 13.8 Å². The Labute approximate surface area is 106 Å². The van der Waals surface area contributed by atoms with E-state index >= 15 is 0 Å². The van der Waals surface area contributed by atoms with Crippen molar-refractivity contribution in [2.45, 2.75) is 57.5 Å². The van der Waals surface area contributed by atoms with Crippen molar-refractivity contribution in [3.8, 4) is 0 Å². The molecule has 1 rings (SSSR count). The van der Waals surface area contributed by atoms with Crippen molar-refractivity contribution in [3.63, 3.8) is 0 Å². The number of amides is 1. The van der Waals surface area contributed by atoms with Crippen LogP contribution in [-0.2, 0) is 14.3 Å². The minimum absolute atomic E-state index is 0.187. The van der Waals surface area contributed by atoms with Gasteiger partial charge in [0, 0.05) is 6.92 Å². The molecular weight excluding hydrogens is 242 g/mol. The molecule has 1 fully saturated rings. The number of aliphatic hydroxyl groups excluding tert-OH is 3. The highest BCUT2D eigenvalue weighted by Gasteiger charge is 2.45. The normalized spacial score (nSPS) is 36.7. The molecule has 4 N–H and O–H groups in total. The first kappa shape index (κ1) is 15.3. The van der Waals surface area contributed by atoms with Crippen LogP contribution in [-0.4, -0.2) is 64.6 Å². The Bertz CT molecular complexity index is 285. The van der Waals surface area contributed by atoms with Crippen LogP contribution in [0.4, 0.5) is 0 Å². The van der Waals surface area contributed by atoms with Gasteiger partial charge in [-0.15, -0.1) is 0 Å². The Morgan fingerprint density at radius 3 is 2.44 bits per heavy atom. The summed E-state index contributed by atoms with van der Waals surface area (Å²) in [6.45, 7) is 4.41. The lowest BCUT2D eigenvalue weighted by molar-refractivity contribution is -0.278. The Morgan fingerprint density at radius 1 is 1.39 bits per heavy atom. The second kappa shape index (κ2) is 6.44. The van der Waals surface area contributed by atoms with Gasteiger partial charge in [0.2, 0.25) is 5.91 Å². The number of hydrogen-bond acceptors (Lipinski definition) is 6. The van der Waals surface area contributed by atoms with Crippen LogP contribution in [0.2, 0.25) is 0 Å². The smallest absolute Gasteiger partial charge is 0.217 e. The van der Waals surface area contributed by atoms with Gasteiger partial charge in [0.15, 0.2) is 6.29 Å². The SMILES string of the molecule is CC(=O)N[C@H]1C(OC(C)C)OC(CO)C(O)C1O. The van der Waals surface area contributed by atoms with E-state index in [1.165, 1.54) is 6.92 Å². The molecule has 0 spiro atoms. The van der Waals surface area contributed by atoms with Crippen LogP contribution in [0.1, 0.15) is 20.8 Å². The number of ether oxygens (including phenoxy) is 2. The van der Waals surface area contributed by atoms with Crippen LogP contribution < -0.4 is 5.32 Å². The van der Waals surface area contributed by atoms with Crippen LogP contribution >= 0.6 is 0 Å². The van der Waals surface area contributed by atoms with E-state index in [1.807, 2.05) is 0 Å². The molecule has 1 heterocycles. The van der Waals surface area contributed by atoms with Gasteiger partial charge in [0.05, 0.1) is 12.7 Å². The largest absolute Gasteiger partial charge is 0.394 e. The number of hydrogen-bond donors (Lipinski definition) is 4. The molecule has 7 heteroatoms.